The van der Waals surface area contributed by atoms with Crippen molar-refractivity contribution in [1.29, 1.82) is 0 Å². The molecule has 0 saturated carbocycles. The van der Waals surface area contributed by atoms with E-state index in [9.17, 15) is 9.59 Å². The molecule has 6 nitrogen and oxygen atoms in total. The number of ketones is 1. The zero-order chi connectivity index (χ0) is 22.5. The predicted octanol–water partition coefficient (Wildman–Crippen LogP) is 5.27. The minimum atomic E-state index is -0.389. The van der Waals surface area contributed by atoms with E-state index in [0.29, 0.717) is 34.9 Å². The monoisotopic (exact) mass is 425 g/mol. The summed E-state index contributed by atoms with van der Waals surface area (Å²) >= 11 is 0. The molecule has 0 saturated heterocycles. The SMILES string of the molecule is CC(C)c1ccc(Cc2nnc(NC(=O)c3ccc(C(=O)c4ccccc4)cc3)o2)cc1. The van der Waals surface area contributed by atoms with Crippen LogP contribution >= 0.6 is 0 Å². The van der Waals surface area contributed by atoms with Crippen LogP contribution in [0, 0.1) is 0 Å². The van der Waals surface area contributed by atoms with Crippen molar-refractivity contribution in [3.05, 3.63) is 113 Å². The lowest BCUT2D eigenvalue weighted by Gasteiger charge is -2.05. The Bertz CT molecular complexity index is 1210. The normalized spacial score (nSPS) is 10.8. The van der Waals surface area contributed by atoms with Crippen LogP contribution in [-0.4, -0.2) is 21.9 Å². The number of carbonyl (C=O) groups excluding carboxylic acids is 2. The summed E-state index contributed by atoms with van der Waals surface area (Å²) in [5, 5.41) is 10.5. The molecule has 3 aromatic carbocycles. The Labute approximate surface area is 186 Å². The fourth-order valence-corrected chi connectivity index (χ4v) is 3.27. The first-order valence-electron chi connectivity index (χ1n) is 10.4. The molecule has 6 heteroatoms. The van der Waals surface area contributed by atoms with Gasteiger partial charge in [0.2, 0.25) is 5.89 Å². The molecule has 4 aromatic rings. The van der Waals surface area contributed by atoms with Crippen LogP contribution in [0.5, 0.6) is 0 Å². The molecule has 0 fully saturated rings. The number of aromatic nitrogens is 2. The fraction of sp³-hybridized carbons (Fsp3) is 0.154. The largest absolute Gasteiger partial charge is 0.407 e. The van der Waals surface area contributed by atoms with Crippen LogP contribution in [0.2, 0.25) is 0 Å². The summed E-state index contributed by atoms with van der Waals surface area (Å²) < 4.78 is 5.57. The molecule has 0 atom stereocenters. The van der Waals surface area contributed by atoms with Crippen LogP contribution in [0.15, 0.2) is 83.3 Å². The number of carbonyl (C=O) groups is 2. The Morgan fingerprint density at radius 1 is 0.812 bits per heavy atom. The summed E-state index contributed by atoms with van der Waals surface area (Å²) in [5.41, 5.74) is 3.82. The van der Waals surface area contributed by atoms with Gasteiger partial charge in [-0.2, -0.15) is 0 Å². The number of hydrogen-bond acceptors (Lipinski definition) is 5. The van der Waals surface area contributed by atoms with Crippen molar-refractivity contribution in [3.8, 4) is 0 Å². The van der Waals surface area contributed by atoms with Gasteiger partial charge in [-0.15, -0.1) is 5.10 Å². The standard InChI is InChI=1S/C26H23N3O3/c1-17(2)19-10-8-18(9-11-19)16-23-28-29-26(32-23)27-25(31)22-14-12-21(13-15-22)24(30)20-6-4-3-5-7-20/h3-15,17H,16H2,1-2H3,(H,27,29,31). The first-order valence-corrected chi connectivity index (χ1v) is 10.4. The maximum absolute atomic E-state index is 12.5. The second-order valence-corrected chi connectivity index (χ2v) is 7.80. The van der Waals surface area contributed by atoms with Gasteiger partial charge in [0.25, 0.3) is 5.91 Å². The van der Waals surface area contributed by atoms with Gasteiger partial charge in [0, 0.05) is 16.7 Å². The Balaban J connectivity index is 1.38. The predicted molar refractivity (Wildman–Crippen MR) is 122 cm³/mol. The van der Waals surface area contributed by atoms with Gasteiger partial charge in [0.1, 0.15) is 0 Å². The molecule has 0 aliphatic carbocycles. The summed E-state index contributed by atoms with van der Waals surface area (Å²) in [6, 6.07) is 23.7. The summed E-state index contributed by atoms with van der Waals surface area (Å²) in [6.45, 7) is 4.30. The Hall–Kier alpha value is -4.06. The average molecular weight is 425 g/mol. The van der Waals surface area contributed by atoms with Crippen molar-refractivity contribution >= 4 is 17.7 Å². The lowest BCUT2D eigenvalue weighted by Crippen LogP contribution is -2.12. The maximum Gasteiger partial charge on any atom is 0.322 e. The zero-order valence-electron chi connectivity index (χ0n) is 17.9. The minimum Gasteiger partial charge on any atom is -0.407 e. The van der Waals surface area contributed by atoms with Crippen LogP contribution in [-0.2, 0) is 6.42 Å². The quantitative estimate of drug-likeness (QED) is 0.408. The third-order valence-electron chi connectivity index (χ3n) is 5.13. The van der Waals surface area contributed by atoms with E-state index in [-0.39, 0.29) is 17.7 Å². The smallest absolute Gasteiger partial charge is 0.322 e. The summed E-state index contributed by atoms with van der Waals surface area (Å²) in [5.74, 6) is 0.405. The van der Waals surface area contributed by atoms with Crippen molar-refractivity contribution in [2.45, 2.75) is 26.2 Å². The zero-order valence-corrected chi connectivity index (χ0v) is 17.9. The van der Waals surface area contributed by atoms with Gasteiger partial charge in [0.05, 0.1) is 6.42 Å². The molecule has 0 bridgehead atoms. The molecule has 1 amide bonds. The topological polar surface area (TPSA) is 85.1 Å². The number of nitrogens with zero attached hydrogens (tertiary/aromatic N) is 2. The lowest BCUT2D eigenvalue weighted by molar-refractivity contribution is 0.101. The number of nitrogens with one attached hydrogen (secondary N) is 1. The van der Waals surface area contributed by atoms with E-state index < -0.39 is 0 Å². The van der Waals surface area contributed by atoms with Crippen molar-refractivity contribution in [2.24, 2.45) is 0 Å². The van der Waals surface area contributed by atoms with Crippen LogP contribution < -0.4 is 5.32 Å². The van der Waals surface area contributed by atoms with Gasteiger partial charge in [-0.25, -0.2) is 0 Å². The number of anilines is 1. The Morgan fingerprint density at radius 3 is 2.09 bits per heavy atom. The number of rotatable bonds is 7. The molecule has 1 aromatic heterocycles. The van der Waals surface area contributed by atoms with E-state index in [1.807, 2.05) is 30.3 Å². The van der Waals surface area contributed by atoms with Crippen molar-refractivity contribution < 1.29 is 14.0 Å². The van der Waals surface area contributed by atoms with E-state index in [4.69, 9.17) is 4.42 Å². The first kappa shape index (κ1) is 21.2. The van der Waals surface area contributed by atoms with Gasteiger partial charge < -0.3 is 4.42 Å². The van der Waals surface area contributed by atoms with Crippen molar-refractivity contribution in [2.75, 3.05) is 5.32 Å². The molecule has 1 heterocycles. The molecular weight excluding hydrogens is 402 g/mol. The summed E-state index contributed by atoms with van der Waals surface area (Å²) in [4.78, 5) is 25.0. The molecule has 0 radical (unpaired) electrons. The highest BCUT2D eigenvalue weighted by Gasteiger charge is 2.14. The third kappa shape index (κ3) is 4.98. The molecule has 0 spiro atoms. The average Bonchev–Trinajstić information content (AvgIpc) is 3.26. The van der Waals surface area contributed by atoms with Gasteiger partial charge in [-0.05, 0) is 29.2 Å². The second-order valence-electron chi connectivity index (χ2n) is 7.80. The highest BCUT2D eigenvalue weighted by atomic mass is 16.4. The summed E-state index contributed by atoms with van der Waals surface area (Å²) in [6.07, 6.45) is 0.484. The van der Waals surface area contributed by atoms with Crippen molar-refractivity contribution in [3.63, 3.8) is 0 Å². The summed E-state index contributed by atoms with van der Waals surface area (Å²) in [7, 11) is 0. The Morgan fingerprint density at radius 2 is 1.44 bits per heavy atom. The highest BCUT2D eigenvalue weighted by molar-refractivity contribution is 6.10. The van der Waals surface area contributed by atoms with Gasteiger partial charge in [0.15, 0.2) is 5.78 Å². The molecule has 0 unspecified atom stereocenters. The molecule has 160 valence electrons. The first-order chi connectivity index (χ1) is 15.5. The van der Waals surface area contributed by atoms with Gasteiger partial charge in [-0.3, -0.25) is 14.9 Å². The molecule has 4 rings (SSSR count). The van der Waals surface area contributed by atoms with E-state index in [1.165, 1.54) is 5.56 Å². The second kappa shape index (κ2) is 9.39. The third-order valence-corrected chi connectivity index (χ3v) is 5.13. The van der Waals surface area contributed by atoms with Crippen LogP contribution in [0.4, 0.5) is 6.01 Å². The fourth-order valence-electron chi connectivity index (χ4n) is 3.27. The number of benzene rings is 3. The number of amides is 1. The lowest BCUT2D eigenvalue weighted by atomic mass is 10.0. The molecule has 0 aliphatic heterocycles. The van der Waals surface area contributed by atoms with Gasteiger partial charge >= 0.3 is 6.01 Å². The van der Waals surface area contributed by atoms with E-state index in [0.717, 1.165) is 5.56 Å². The molecule has 1 N–H and O–H groups in total. The van der Waals surface area contributed by atoms with Crippen LogP contribution in [0.3, 0.4) is 0 Å². The highest BCUT2D eigenvalue weighted by Crippen LogP contribution is 2.18. The molecule has 32 heavy (non-hydrogen) atoms. The maximum atomic E-state index is 12.5. The van der Waals surface area contributed by atoms with Gasteiger partial charge in [-0.1, -0.05) is 85.7 Å². The minimum absolute atomic E-state index is 0.0354. The van der Waals surface area contributed by atoms with Crippen LogP contribution in [0.1, 0.15) is 63.1 Å². The van der Waals surface area contributed by atoms with Crippen LogP contribution in [0.25, 0.3) is 0 Å². The van der Waals surface area contributed by atoms with E-state index >= 15 is 0 Å². The van der Waals surface area contributed by atoms with E-state index in [1.54, 1.807) is 36.4 Å². The molecule has 0 aliphatic rings. The molecular formula is C26H23N3O3. The van der Waals surface area contributed by atoms with E-state index in [2.05, 4.69) is 41.5 Å². The number of hydrogen-bond donors (Lipinski definition) is 1. The van der Waals surface area contributed by atoms with Crippen molar-refractivity contribution in [1.82, 2.24) is 10.2 Å². The Kier molecular flexibility index (Phi) is 6.22.